The maximum absolute atomic E-state index is 11.5. The van der Waals surface area contributed by atoms with Crippen molar-refractivity contribution in [1.82, 2.24) is 9.78 Å². The van der Waals surface area contributed by atoms with Crippen molar-refractivity contribution in [2.75, 3.05) is 0 Å². The van der Waals surface area contributed by atoms with Crippen LogP contribution < -0.4 is 5.43 Å². The van der Waals surface area contributed by atoms with Gasteiger partial charge in [-0.3, -0.25) is 9.48 Å². The van der Waals surface area contributed by atoms with Crippen molar-refractivity contribution in [3.63, 3.8) is 0 Å². The van der Waals surface area contributed by atoms with Crippen molar-refractivity contribution in [2.45, 2.75) is 19.9 Å². The van der Waals surface area contributed by atoms with Gasteiger partial charge in [0.2, 0.25) is 5.43 Å². The molecule has 0 N–H and O–H groups in total. The SMILES string of the molecule is CCCn1ncc(=O)c2ccccc21. The monoisotopic (exact) mass is 188 g/mol. The van der Waals surface area contributed by atoms with Crippen LogP contribution in [-0.2, 0) is 6.54 Å². The quantitative estimate of drug-likeness (QED) is 0.720. The number of nitrogens with zero attached hydrogens (tertiary/aromatic N) is 2. The molecule has 0 fully saturated rings. The molecule has 2 rings (SSSR count). The number of aromatic nitrogens is 2. The molecule has 0 aliphatic heterocycles. The minimum Gasteiger partial charge on any atom is -0.287 e. The standard InChI is InChI=1S/C11H12N2O/c1-2-7-13-10-6-4-3-5-9(10)11(14)8-12-13/h3-6,8H,2,7H2,1H3. The van der Waals surface area contributed by atoms with Gasteiger partial charge in [0.05, 0.1) is 11.7 Å². The van der Waals surface area contributed by atoms with E-state index in [4.69, 9.17) is 0 Å². The van der Waals surface area contributed by atoms with Gasteiger partial charge < -0.3 is 0 Å². The molecule has 1 aromatic carbocycles. The molecule has 0 amide bonds. The van der Waals surface area contributed by atoms with E-state index in [1.165, 1.54) is 6.20 Å². The Balaban J connectivity index is 2.75. The maximum Gasteiger partial charge on any atom is 0.207 e. The summed E-state index contributed by atoms with van der Waals surface area (Å²) >= 11 is 0. The van der Waals surface area contributed by atoms with Crippen LogP contribution in [0, 0.1) is 0 Å². The molecule has 0 aliphatic carbocycles. The van der Waals surface area contributed by atoms with E-state index in [-0.39, 0.29) is 5.43 Å². The van der Waals surface area contributed by atoms with Crippen molar-refractivity contribution >= 4 is 10.9 Å². The molecule has 0 spiro atoms. The Hall–Kier alpha value is -1.64. The van der Waals surface area contributed by atoms with E-state index in [2.05, 4.69) is 12.0 Å². The Kier molecular flexibility index (Phi) is 2.31. The number of hydrogen-bond donors (Lipinski definition) is 0. The van der Waals surface area contributed by atoms with Crippen LogP contribution in [0.25, 0.3) is 10.9 Å². The van der Waals surface area contributed by atoms with Gasteiger partial charge in [-0.05, 0) is 18.6 Å². The molecule has 0 radical (unpaired) electrons. The normalized spacial score (nSPS) is 10.6. The number of benzene rings is 1. The summed E-state index contributed by atoms with van der Waals surface area (Å²) in [7, 11) is 0. The predicted molar refractivity (Wildman–Crippen MR) is 56.3 cm³/mol. The fraction of sp³-hybridized carbons (Fsp3) is 0.273. The van der Waals surface area contributed by atoms with E-state index in [0.717, 1.165) is 23.9 Å². The lowest BCUT2D eigenvalue weighted by Gasteiger charge is -2.06. The lowest BCUT2D eigenvalue weighted by atomic mass is 10.2. The Morgan fingerprint density at radius 1 is 1.36 bits per heavy atom. The topological polar surface area (TPSA) is 34.9 Å². The third-order valence-electron chi connectivity index (χ3n) is 2.20. The van der Waals surface area contributed by atoms with Crippen molar-refractivity contribution in [1.29, 1.82) is 0 Å². The van der Waals surface area contributed by atoms with Crippen molar-refractivity contribution in [3.8, 4) is 0 Å². The minimum atomic E-state index is -0.00652. The summed E-state index contributed by atoms with van der Waals surface area (Å²) in [6.45, 7) is 2.94. The molecule has 0 bridgehead atoms. The average Bonchev–Trinajstić information content (AvgIpc) is 2.23. The molecule has 0 saturated carbocycles. The molecule has 0 aliphatic rings. The summed E-state index contributed by atoms with van der Waals surface area (Å²) in [4.78, 5) is 11.5. The van der Waals surface area contributed by atoms with Gasteiger partial charge in [-0.2, -0.15) is 5.10 Å². The van der Waals surface area contributed by atoms with Gasteiger partial charge in [0.1, 0.15) is 0 Å². The molecular formula is C11H12N2O. The first-order chi connectivity index (χ1) is 6.83. The molecule has 3 nitrogen and oxygen atoms in total. The van der Waals surface area contributed by atoms with Crippen LogP contribution in [0.4, 0.5) is 0 Å². The summed E-state index contributed by atoms with van der Waals surface area (Å²) in [6, 6.07) is 7.57. The molecule has 1 heterocycles. The van der Waals surface area contributed by atoms with Gasteiger partial charge in [0, 0.05) is 11.9 Å². The van der Waals surface area contributed by atoms with Gasteiger partial charge >= 0.3 is 0 Å². The summed E-state index contributed by atoms with van der Waals surface area (Å²) in [5.74, 6) is 0. The fourth-order valence-electron chi connectivity index (χ4n) is 1.55. The highest BCUT2D eigenvalue weighted by Gasteiger charge is 2.01. The first kappa shape index (κ1) is 8.94. The van der Waals surface area contributed by atoms with Gasteiger partial charge in [-0.15, -0.1) is 0 Å². The zero-order valence-corrected chi connectivity index (χ0v) is 8.10. The Bertz CT molecular complexity index is 502. The Morgan fingerprint density at radius 3 is 2.93 bits per heavy atom. The predicted octanol–water partition coefficient (Wildman–Crippen LogP) is 1.81. The molecule has 1 aromatic heterocycles. The summed E-state index contributed by atoms with van der Waals surface area (Å²) in [6.07, 6.45) is 2.40. The molecule has 14 heavy (non-hydrogen) atoms. The second-order valence-electron chi connectivity index (χ2n) is 3.25. The number of hydrogen-bond acceptors (Lipinski definition) is 2. The highest BCUT2D eigenvalue weighted by atomic mass is 16.1. The van der Waals surface area contributed by atoms with E-state index >= 15 is 0 Å². The van der Waals surface area contributed by atoms with Crippen LogP contribution in [0.5, 0.6) is 0 Å². The molecule has 3 heteroatoms. The zero-order valence-electron chi connectivity index (χ0n) is 8.10. The Labute approximate surface area is 82.0 Å². The first-order valence-electron chi connectivity index (χ1n) is 4.78. The summed E-state index contributed by atoms with van der Waals surface area (Å²) in [5, 5.41) is 4.85. The van der Waals surface area contributed by atoms with Crippen LogP contribution in [0.1, 0.15) is 13.3 Å². The van der Waals surface area contributed by atoms with Gasteiger partial charge in [-0.25, -0.2) is 0 Å². The highest BCUT2D eigenvalue weighted by molar-refractivity contribution is 5.77. The molecule has 2 aromatic rings. The van der Waals surface area contributed by atoms with Crippen LogP contribution in [-0.4, -0.2) is 9.78 Å². The van der Waals surface area contributed by atoms with Crippen molar-refractivity contribution in [3.05, 3.63) is 40.7 Å². The molecular weight excluding hydrogens is 176 g/mol. The summed E-state index contributed by atoms with van der Waals surface area (Å²) < 4.78 is 1.87. The molecule has 0 atom stereocenters. The minimum absolute atomic E-state index is 0.00652. The smallest absolute Gasteiger partial charge is 0.207 e. The fourth-order valence-corrected chi connectivity index (χ4v) is 1.55. The highest BCUT2D eigenvalue weighted by Crippen LogP contribution is 2.07. The van der Waals surface area contributed by atoms with E-state index < -0.39 is 0 Å². The largest absolute Gasteiger partial charge is 0.287 e. The van der Waals surface area contributed by atoms with Gasteiger partial charge in [0.25, 0.3) is 0 Å². The average molecular weight is 188 g/mol. The lowest BCUT2D eigenvalue weighted by molar-refractivity contribution is 0.611. The lowest BCUT2D eigenvalue weighted by Crippen LogP contribution is -2.11. The van der Waals surface area contributed by atoms with Gasteiger partial charge in [0.15, 0.2) is 0 Å². The van der Waals surface area contributed by atoms with Crippen LogP contribution in [0.15, 0.2) is 35.3 Å². The number of para-hydroxylation sites is 1. The van der Waals surface area contributed by atoms with Crippen LogP contribution >= 0.6 is 0 Å². The maximum atomic E-state index is 11.5. The molecule has 0 saturated heterocycles. The number of fused-ring (bicyclic) bond motifs is 1. The first-order valence-corrected chi connectivity index (χ1v) is 4.78. The van der Waals surface area contributed by atoms with E-state index in [9.17, 15) is 4.79 Å². The van der Waals surface area contributed by atoms with Crippen LogP contribution in [0.2, 0.25) is 0 Å². The second kappa shape index (κ2) is 3.62. The third kappa shape index (κ3) is 1.41. The van der Waals surface area contributed by atoms with Crippen LogP contribution in [0.3, 0.4) is 0 Å². The van der Waals surface area contributed by atoms with E-state index in [0.29, 0.717) is 0 Å². The number of aryl methyl sites for hydroxylation is 1. The Morgan fingerprint density at radius 2 is 2.14 bits per heavy atom. The summed E-state index contributed by atoms with van der Waals surface area (Å²) in [5.41, 5.74) is 0.912. The zero-order chi connectivity index (χ0) is 9.97. The molecule has 72 valence electrons. The van der Waals surface area contributed by atoms with Crippen molar-refractivity contribution in [2.24, 2.45) is 0 Å². The van der Waals surface area contributed by atoms with Crippen molar-refractivity contribution < 1.29 is 0 Å². The van der Waals surface area contributed by atoms with E-state index in [1.807, 2.05) is 28.9 Å². The number of rotatable bonds is 2. The molecule has 0 unspecified atom stereocenters. The van der Waals surface area contributed by atoms with E-state index in [1.54, 1.807) is 0 Å². The third-order valence-corrected chi connectivity index (χ3v) is 2.20. The second-order valence-corrected chi connectivity index (χ2v) is 3.25. The van der Waals surface area contributed by atoms with Gasteiger partial charge in [-0.1, -0.05) is 19.1 Å².